The lowest BCUT2D eigenvalue weighted by Gasteiger charge is -2.49. The zero-order valence-corrected chi connectivity index (χ0v) is 17.2. The number of hydrogen-bond donors (Lipinski definition) is 3. The van der Waals surface area contributed by atoms with Crippen LogP contribution in [0.3, 0.4) is 0 Å². The van der Waals surface area contributed by atoms with Crippen molar-refractivity contribution in [3.63, 3.8) is 0 Å². The van der Waals surface area contributed by atoms with E-state index >= 15 is 0 Å². The molecule has 160 valence electrons. The van der Waals surface area contributed by atoms with E-state index in [1.54, 1.807) is 24.3 Å². The number of carbonyl (C=O) groups is 3. The smallest absolute Gasteiger partial charge is 0.356 e. The number of nitrogens with two attached hydrogens (primary N) is 1. The summed E-state index contributed by atoms with van der Waals surface area (Å²) in [7, 11) is 0. The van der Waals surface area contributed by atoms with Crippen LogP contribution in [0.4, 0.5) is 0 Å². The second-order valence-electron chi connectivity index (χ2n) is 7.14. The highest BCUT2D eigenvalue weighted by molar-refractivity contribution is 8.00. The maximum Gasteiger partial charge on any atom is 0.356 e. The first-order valence-corrected chi connectivity index (χ1v) is 10.7. The standard InChI is InChI=1S/C22H21N3O5S/c23-16(14-9-5-2-6-10-14)19(26)24-17-20(27)25-18(22(28)29)15(12-31-21(17)25)30-11-13-7-3-1-4-8-13/h1-10,16-17,21H,11-12,23H2,(H,24,26)(H,28,29)/t16-,17-,21-/m1/s1. The van der Waals surface area contributed by atoms with Crippen molar-refractivity contribution in [3.05, 3.63) is 83.2 Å². The van der Waals surface area contributed by atoms with Gasteiger partial charge in [0.1, 0.15) is 29.8 Å². The first kappa shape index (κ1) is 21.0. The van der Waals surface area contributed by atoms with Gasteiger partial charge in [-0.3, -0.25) is 14.5 Å². The molecular formula is C22H21N3O5S. The molecule has 2 aromatic carbocycles. The molecule has 2 aromatic rings. The monoisotopic (exact) mass is 439 g/mol. The van der Waals surface area contributed by atoms with Gasteiger partial charge in [-0.2, -0.15) is 0 Å². The lowest BCUT2D eigenvalue weighted by atomic mass is 10.0. The minimum absolute atomic E-state index is 0.178. The van der Waals surface area contributed by atoms with Gasteiger partial charge in [-0.1, -0.05) is 60.7 Å². The van der Waals surface area contributed by atoms with Crippen molar-refractivity contribution in [2.24, 2.45) is 5.73 Å². The van der Waals surface area contributed by atoms with Gasteiger partial charge in [0.05, 0.1) is 5.75 Å². The van der Waals surface area contributed by atoms with Gasteiger partial charge in [-0.25, -0.2) is 4.79 Å². The fourth-order valence-electron chi connectivity index (χ4n) is 3.50. The zero-order valence-electron chi connectivity index (χ0n) is 16.4. The third-order valence-electron chi connectivity index (χ3n) is 5.13. The van der Waals surface area contributed by atoms with Gasteiger partial charge in [0.2, 0.25) is 5.91 Å². The van der Waals surface area contributed by atoms with Crippen molar-refractivity contribution in [1.82, 2.24) is 10.2 Å². The predicted molar refractivity (Wildman–Crippen MR) is 114 cm³/mol. The van der Waals surface area contributed by atoms with Crippen LogP contribution < -0.4 is 11.1 Å². The molecule has 0 radical (unpaired) electrons. The highest BCUT2D eigenvalue weighted by Crippen LogP contribution is 2.41. The molecule has 2 amide bonds. The van der Waals surface area contributed by atoms with Gasteiger partial charge in [-0.05, 0) is 11.1 Å². The number of β-lactam (4-membered cyclic amide) rings is 1. The molecule has 4 N–H and O–H groups in total. The number of fused-ring (bicyclic) bond motifs is 1. The van der Waals surface area contributed by atoms with Crippen molar-refractivity contribution < 1.29 is 24.2 Å². The highest BCUT2D eigenvalue weighted by atomic mass is 32.2. The zero-order chi connectivity index (χ0) is 22.0. The Bertz CT molecular complexity index is 1030. The van der Waals surface area contributed by atoms with Crippen LogP contribution in [0, 0.1) is 0 Å². The SMILES string of the molecule is N[C@@H](C(=O)N[C@@H]1C(=O)N2C(C(=O)O)=C(OCc3ccccc3)CS[C@H]12)c1ccccc1. The lowest BCUT2D eigenvalue weighted by molar-refractivity contribution is -0.151. The van der Waals surface area contributed by atoms with Gasteiger partial charge < -0.3 is 20.9 Å². The normalized spacial score (nSPS) is 21.1. The van der Waals surface area contributed by atoms with Crippen molar-refractivity contribution in [1.29, 1.82) is 0 Å². The largest absolute Gasteiger partial charge is 0.490 e. The number of rotatable bonds is 7. The topological polar surface area (TPSA) is 122 Å². The van der Waals surface area contributed by atoms with E-state index in [1.807, 2.05) is 36.4 Å². The van der Waals surface area contributed by atoms with Crippen molar-refractivity contribution in [3.8, 4) is 0 Å². The third-order valence-corrected chi connectivity index (χ3v) is 6.38. The Morgan fingerprint density at radius 1 is 1.16 bits per heavy atom. The number of nitrogens with one attached hydrogen (secondary N) is 1. The number of benzene rings is 2. The summed E-state index contributed by atoms with van der Waals surface area (Å²) in [5.41, 5.74) is 7.34. The lowest BCUT2D eigenvalue weighted by Crippen LogP contribution is -2.71. The van der Waals surface area contributed by atoms with Crippen molar-refractivity contribution in [2.45, 2.75) is 24.1 Å². The van der Waals surface area contributed by atoms with Crippen LogP contribution in [0.1, 0.15) is 17.2 Å². The first-order chi connectivity index (χ1) is 15.0. The Labute approximate surface area is 183 Å². The van der Waals surface area contributed by atoms with Crippen LogP contribution in [0.15, 0.2) is 72.1 Å². The summed E-state index contributed by atoms with van der Waals surface area (Å²) in [5.74, 6) is -1.72. The predicted octanol–water partition coefficient (Wildman–Crippen LogP) is 1.60. The maximum absolute atomic E-state index is 12.7. The van der Waals surface area contributed by atoms with Crippen LogP contribution in [-0.4, -0.2) is 45.0 Å². The second-order valence-corrected chi connectivity index (χ2v) is 8.24. The minimum atomic E-state index is -1.24. The van der Waals surface area contributed by atoms with Crippen molar-refractivity contribution >= 4 is 29.5 Å². The summed E-state index contributed by atoms with van der Waals surface area (Å²) in [4.78, 5) is 38.3. The third kappa shape index (κ3) is 4.14. The summed E-state index contributed by atoms with van der Waals surface area (Å²) in [5, 5.41) is 11.8. The summed E-state index contributed by atoms with van der Waals surface area (Å²) >= 11 is 1.34. The number of ether oxygens (including phenoxy) is 1. The molecule has 0 aliphatic carbocycles. The molecule has 2 aliphatic heterocycles. The van der Waals surface area contributed by atoms with E-state index in [1.165, 1.54) is 16.7 Å². The quantitative estimate of drug-likeness (QED) is 0.560. The maximum atomic E-state index is 12.7. The molecule has 0 aromatic heterocycles. The average Bonchev–Trinajstić information content (AvgIpc) is 2.80. The van der Waals surface area contributed by atoms with E-state index < -0.39 is 35.2 Å². The molecule has 9 heteroatoms. The molecular weight excluding hydrogens is 418 g/mol. The highest BCUT2D eigenvalue weighted by Gasteiger charge is 2.55. The molecule has 2 heterocycles. The Balaban J connectivity index is 1.46. The van der Waals surface area contributed by atoms with E-state index in [0.29, 0.717) is 5.56 Å². The average molecular weight is 439 g/mol. The Morgan fingerprint density at radius 3 is 2.45 bits per heavy atom. The molecule has 1 fully saturated rings. The second kappa shape index (κ2) is 8.83. The number of amides is 2. The van der Waals surface area contributed by atoms with Crippen LogP contribution in [0.2, 0.25) is 0 Å². The fraction of sp³-hybridized carbons (Fsp3) is 0.227. The molecule has 0 bridgehead atoms. The number of hydrogen-bond acceptors (Lipinski definition) is 6. The van der Waals surface area contributed by atoms with E-state index in [0.717, 1.165) is 5.56 Å². The molecule has 1 saturated heterocycles. The van der Waals surface area contributed by atoms with E-state index in [9.17, 15) is 19.5 Å². The van der Waals surface area contributed by atoms with Crippen LogP contribution in [0.5, 0.6) is 0 Å². The van der Waals surface area contributed by atoms with E-state index in [2.05, 4.69) is 5.32 Å². The summed E-state index contributed by atoms with van der Waals surface area (Å²) in [6.07, 6.45) is 0. The summed E-state index contributed by atoms with van der Waals surface area (Å²) in [6.45, 7) is 0.201. The molecule has 0 saturated carbocycles. The van der Waals surface area contributed by atoms with E-state index in [4.69, 9.17) is 10.5 Å². The molecule has 3 atom stereocenters. The molecule has 4 rings (SSSR count). The number of nitrogens with zero attached hydrogens (tertiary/aromatic N) is 1. The number of carbonyl (C=O) groups excluding carboxylic acids is 2. The number of thioether (sulfide) groups is 1. The van der Waals surface area contributed by atoms with Gasteiger partial charge in [0.25, 0.3) is 5.91 Å². The number of carboxylic acids is 1. The number of carboxylic acid groups (broad SMARTS) is 1. The summed E-state index contributed by atoms with van der Waals surface area (Å²) < 4.78 is 5.73. The van der Waals surface area contributed by atoms with E-state index in [-0.39, 0.29) is 23.8 Å². The van der Waals surface area contributed by atoms with Gasteiger partial charge in [-0.15, -0.1) is 11.8 Å². The minimum Gasteiger partial charge on any atom is -0.490 e. The number of aliphatic carboxylic acids is 1. The molecule has 31 heavy (non-hydrogen) atoms. The van der Waals surface area contributed by atoms with Crippen LogP contribution in [-0.2, 0) is 25.7 Å². The van der Waals surface area contributed by atoms with Gasteiger partial charge in [0.15, 0.2) is 5.70 Å². The van der Waals surface area contributed by atoms with Gasteiger partial charge in [0, 0.05) is 0 Å². The van der Waals surface area contributed by atoms with Crippen LogP contribution in [0.25, 0.3) is 0 Å². The molecule has 0 spiro atoms. The summed E-state index contributed by atoms with van der Waals surface area (Å²) in [6, 6.07) is 16.4. The Hall–Kier alpha value is -3.30. The van der Waals surface area contributed by atoms with Crippen LogP contribution >= 0.6 is 11.8 Å². The van der Waals surface area contributed by atoms with Crippen molar-refractivity contribution in [2.75, 3.05) is 5.75 Å². The Morgan fingerprint density at radius 2 is 1.81 bits per heavy atom. The fourth-order valence-corrected chi connectivity index (χ4v) is 4.78. The Kier molecular flexibility index (Phi) is 5.97. The molecule has 8 nitrogen and oxygen atoms in total. The van der Waals surface area contributed by atoms with Gasteiger partial charge >= 0.3 is 5.97 Å². The molecule has 2 aliphatic rings. The molecule has 0 unspecified atom stereocenters. The first-order valence-electron chi connectivity index (χ1n) is 9.66.